The van der Waals surface area contributed by atoms with Gasteiger partial charge < -0.3 is 10.6 Å². The molecule has 98 valence electrons. The zero-order valence-corrected chi connectivity index (χ0v) is 12.3. The lowest BCUT2D eigenvalue weighted by molar-refractivity contribution is -0.136. The second-order valence-electron chi connectivity index (χ2n) is 4.20. The number of anilines is 1. The van der Waals surface area contributed by atoms with Gasteiger partial charge in [0.15, 0.2) is 0 Å². The maximum Gasteiger partial charge on any atom is 0.313 e. The van der Waals surface area contributed by atoms with E-state index >= 15 is 0 Å². The number of benzene rings is 1. The summed E-state index contributed by atoms with van der Waals surface area (Å²) in [7, 11) is 0. The van der Waals surface area contributed by atoms with Gasteiger partial charge in [-0.15, -0.1) is 0 Å². The third kappa shape index (κ3) is 4.14. The first-order valence-corrected chi connectivity index (χ1v) is 6.61. The Kier molecular flexibility index (Phi) is 5.34. The van der Waals surface area contributed by atoms with Gasteiger partial charge in [0.05, 0.1) is 0 Å². The molecule has 0 heterocycles. The summed E-state index contributed by atoms with van der Waals surface area (Å²) in [4.78, 5) is 23.2. The van der Waals surface area contributed by atoms with Crippen LogP contribution >= 0.6 is 15.9 Å². The molecule has 0 aliphatic rings. The quantitative estimate of drug-likeness (QED) is 0.843. The lowest BCUT2D eigenvalue weighted by Gasteiger charge is -2.11. The number of halogens is 1. The van der Waals surface area contributed by atoms with Crippen molar-refractivity contribution < 1.29 is 9.59 Å². The van der Waals surface area contributed by atoms with E-state index in [0.29, 0.717) is 5.69 Å². The molecule has 2 N–H and O–H groups in total. The lowest BCUT2D eigenvalue weighted by atomic mass is 10.2. The molecule has 18 heavy (non-hydrogen) atoms. The third-order valence-corrected chi connectivity index (χ3v) is 3.50. The van der Waals surface area contributed by atoms with Crippen LogP contribution in [0.25, 0.3) is 0 Å². The molecule has 0 aliphatic heterocycles. The maximum atomic E-state index is 11.6. The van der Waals surface area contributed by atoms with Crippen molar-refractivity contribution in [3.05, 3.63) is 28.2 Å². The highest BCUT2D eigenvalue weighted by Crippen LogP contribution is 2.19. The largest absolute Gasteiger partial charge is 0.345 e. The Labute approximate surface area is 115 Å². The van der Waals surface area contributed by atoms with Crippen molar-refractivity contribution in [1.82, 2.24) is 5.32 Å². The minimum atomic E-state index is -0.642. The summed E-state index contributed by atoms with van der Waals surface area (Å²) in [5.41, 5.74) is 1.61. The Morgan fingerprint density at radius 1 is 1.33 bits per heavy atom. The van der Waals surface area contributed by atoms with Gasteiger partial charge in [-0.1, -0.05) is 22.9 Å². The molecule has 0 fully saturated rings. The molecular weight excluding hydrogens is 296 g/mol. The molecule has 5 heteroatoms. The van der Waals surface area contributed by atoms with Gasteiger partial charge >= 0.3 is 11.8 Å². The molecule has 0 aliphatic carbocycles. The molecule has 0 saturated heterocycles. The summed E-state index contributed by atoms with van der Waals surface area (Å²) in [6.07, 6.45) is 0.788. The molecule has 1 aromatic carbocycles. The van der Waals surface area contributed by atoms with Gasteiger partial charge in [0.25, 0.3) is 0 Å². The van der Waals surface area contributed by atoms with E-state index in [1.165, 1.54) is 0 Å². The van der Waals surface area contributed by atoms with Crippen molar-refractivity contribution in [1.29, 1.82) is 0 Å². The number of hydrogen-bond donors (Lipinski definition) is 2. The second kappa shape index (κ2) is 6.54. The van der Waals surface area contributed by atoms with Crippen molar-refractivity contribution in [3.8, 4) is 0 Å². The smallest absolute Gasteiger partial charge is 0.313 e. The van der Waals surface area contributed by atoms with Crippen molar-refractivity contribution in [2.75, 3.05) is 5.32 Å². The standard InChI is InChI=1S/C13H17BrN2O2/c1-4-9(3)15-12(17)13(18)16-10-5-6-11(14)8(2)7-10/h5-7,9H,4H2,1-3H3,(H,15,17)(H,16,18). The minimum Gasteiger partial charge on any atom is -0.345 e. The van der Waals surface area contributed by atoms with Crippen LogP contribution in [-0.2, 0) is 9.59 Å². The molecule has 2 amide bonds. The summed E-state index contributed by atoms with van der Waals surface area (Å²) in [5, 5.41) is 5.18. The van der Waals surface area contributed by atoms with Gasteiger partial charge in [-0.25, -0.2) is 0 Å². The minimum absolute atomic E-state index is 0.00472. The van der Waals surface area contributed by atoms with Gasteiger partial charge in [-0.3, -0.25) is 9.59 Å². The summed E-state index contributed by atoms with van der Waals surface area (Å²) in [5.74, 6) is -1.25. The predicted octanol–water partition coefficient (Wildman–Crippen LogP) is 2.61. The fourth-order valence-electron chi connectivity index (χ4n) is 1.30. The highest BCUT2D eigenvalue weighted by molar-refractivity contribution is 9.10. The topological polar surface area (TPSA) is 58.2 Å². The van der Waals surface area contributed by atoms with Gasteiger partial charge in [0.1, 0.15) is 0 Å². The van der Waals surface area contributed by atoms with Crippen LogP contribution in [0.2, 0.25) is 0 Å². The van der Waals surface area contributed by atoms with Crippen LogP contribution < -0.4 is 10.6 Å². The number of carbonyl (C=O) groups is 2. The molecule has 4 nitrogen and oxygen atoms in total. The van der Waals surface area contributed by atoms with Crippen molar-refractivity contribution in [2.24, 2.45) is 0 Å². The van der Waals surface area contributed by atoms with Crippen LogP contribution in [0.1, 0.15) is 25.8 Å². The van der Waals surface area contributed by atoms with Gasteiger partial charge in [0.2, 0.25) is 0 Å². The summed E-state index contributed by atoms with van der Waals surface area (Å²) < 4.78 is 0.963. The monoisotopic (exact) mass is 312 g/mol. The number of aryl methyl sites for hydroxylation is 1. The first-order chi connectivity index (χ1) is 8.43. The van der Waals surface area contributed by atoms with E-state index in [4.69, 9.17) is 0 Å². The third-order valence-electron chi connectivity index (χ3n) is 2.61. The van der Waals surface area contributed by atoms with Crippen LogP contribution in [0.15, 0.2) is 22.7 Å². The second-order valence-corrected chi connectivity index (χ2v) is 5.06. The molecule has 0 radical (unpaired) electrons. The zero-order chi connectivity index (χ0) is 13.7. The van der Waals surface area contributed by atoms with E-state index in [-0.39, 0.29) is 6.04 Å². The zero-order valence-electron chi connectivity index (χ0n) is 10.7. The Hall–Kier alpha value is -1.36. The number of carbonyl (C=O) groups excluding carboxylic acids is 2. The summed E-state index contributed by atoms with van der Waals surface area (Å²) in [6, 6.07) is 5.37. The van der Waals surface area contributed by atoms with E-state index < -0.39 is 11.8 Å². The summed E-state index contributed by atoms with van der Waals surface area (Å²) in [6.45, 7) is 5.72. The molecule has 1 rings (SSSR count). The number of nitrogens with one attached hydrogen (secondary N) is 2. The van der Waals surface area contributed by atoms with Gasteiger partial charge in [0, 0.05) is 16.2 Å². The van der Waals surface area contributed by atoms with Crippen molar-refractivity contribution >= 4 is 33.4 Å². The van der Waals surface area contributed by atoms with Crippen LogP contribution in [0, 0.1) is 6.92 Å². The maximum absolute atomic E-state index is 11.6. The molecular formula is C13H17BrN2O2. The van der Waals surface area contributed by atoms with E-state index in [1.807, 2.05) is 26.8 Å². The van der Waals surface area contributed by atoms with Crippen molar-refractivity contribution in [2.45, 2.75) is 33.2 Å². The predicted molar refractivity (Wildman–Crippen MR) is 75.4 cm³/mol. The Morgan fingerprint density at radius 2 is 2.00 bits per heavy atom. The van der Waals surface area contributed by atoms with E-state index in [2.05, 4.69) is 26.6 Å². The number of amides is 2. The number of hydrogen-bond acceptors (Lipinski definition) is 2. The average Bonchev–Trinajstić information content (AvgIpc) is 2.33. The Balaban J connectivity index is 2.64. The fraction of sp³-hybridized carbons (Fsp3) is 0.385. The van der Waals surface area contributed by atoms with Crippen LogP contribution in [0.3, 0.4) is 0 Å². The molecule has 0 aromatic heterocycles. The highest BCUT2D eigenvalue weighted by Gasteiger charge is 2.15. The van der Waals surface area contributed by atoms with Crippen molar-refractivity contribution in [3.63, 3.8) is 0 Å². The first-order valence-electron chi connectivity index (χ1n) is 5.82. The molecule has 1 aromatic rings. The molecule has 0 saturated carbocycles. The van der Waals surface area contributed by atoms with Crippen LogP contribution in [-0.4, -0.2) is 17.9 Å². The Bertz CT molecular complexity index is 460. The van der Waals surface area contributed by atoms with Crippen LogP contribution in [0.4, 0.5) is 5.69 Å². The Morgan fingerprint density at radius 3 is 2.56 bits per heavy atom. The van der Waals surface area contributed by atoms with Crippen LogP contribution in [0.5, 0.6) is 0 Å². The fourth-order valence-corrected chi connectivity index (χ4v) is 1.55. The van der Waals surface area contributed by atoms with E-state index in [9.17, 15) is 9.59 Å². The molecule has 1 atom stereocenters. The average molecular weight is 313 g/mol. The SMILES string of the molecule is CCC(C)NC(=O)C(=O)Nc1ccc(Br)c(C)c1. The van der Waals surface area contributed by atoms with Gasteiger partial charge in [-0.2, -0.15) is 0 Å². The normalized spacial score (nSPS) is 11.8. The molecule has 0 bridgehead atoms. The first kappa shape index (κ1) is 14.7. The lowest BCUT2D eigenvalue weighted by Crippen LogP contribution is -2.40. The van der Waals surface area contributed by atoms with Gasteiger partial charge in [-0.05, 0) is 44.0 Å². The molecule has 1 unspecified atom stereocenters. The summed E-state index contributed by atoms with van der Waals surface area (Å²) >= 11 is 3.37. The van der Waals surface area contributed by atoms with E-state index in [1.54, 1.807) is 12.1 Å². The molecule has 0 spiro atoms. The number of rotatable bonds is 3. The highest BCUT2D eigenvalue weighted by atomic mass is 79.9. The van der Waals surface area contributed by atoms with E-state index in [0.717, 1.165) is 16.5 Å².